The van der Waals surface area contributed by atoms with Gasteiger partial charge in [0.1, 0.15) is 5.75 Å². The number of aliphatic carboxylic acids is 1. The Labute approximate surface area is 117 Å². The molecule has 1 aromatic rings. The van der Waals surface area contributed by atoms with Crippen molar-refractivity contribution >= 4 is 17.6 Å². The highest BCUT2D eigenvalue weighted by atomic mass is 16.5. The topological polar surface area (TPSA) is 78.9 Å². The number of methoxy groups -OCH3 is 1. The first kappa shape index (κ1) is 14.3. The first-order valence-electron chi connectivity index (χ1n) is 6.45. The van der Waals surface area contributed by atoms with Crippen LogP contribution >= 0.6 is 0 Å². The summed E-state index contributed by atoms with van der Waals surface area (Å²) in [6.45, 7) is 1.63. The van der Waals surface area contributed by atoms with E-state index in [1.165, 1.54) is 0 Å². The Morgan fingerprint density at radius 3 is 2.55 bits per heavy atom. The molecule has 1 fully saturated rings. The first-order chi connectivity index (χ1) is 9.56. The van der Waals surface area contributed by atoms with E-state index in [1.54, 1.807) is 31.4 Å². The van der Waals surface area contributed by atoms with Crippen LogP contribution in [-0.4, -0.2) is 48.6 Å². The van der Waals surface area contributed by atoms with E-state index in [0.29, 0.717) is 19.6 Å². The molecule has 1 aromatic carbocycles. The van der Waals surface area contributed by atoms with Crippen molar-refractivity contribution in [2.45, 2.75) is 6.42 Å². The van der Waals surface area contributed by atoms with Gasteiger partial charge in [0, 0.05) is 18.8 Å². The lowest BCUT2D eigenvalue weighted by molar-refractivity contribution is -0.139. The second-order valence-corrected chi connectivity index (χ2v) is 4.93. The van der Waals surface area contributed by atoms with Crippen LogP contribution in [0.3, 0.4) is 0 Å². The molecule has 1 heterocycles. The molecule has 0 radical (unpaired) electrons. The van der Waals surface area contributed by atoms with Crippen molar-refractivity contribution in [1.29, 1.82) is 0 Å². The molecule has 0 atom stereocenters. The third kappa shape index (κ3) is 3.96. The molecule has 1 amide bonds. The molecule has 0 aromatic heterocycles. The third-order valence-corrected chi connectivity index (χ3v) is 3.24. The summed E-state index contributed by atoms with van der Waals surface area (Å²) < 4.78 is 5.04. The second kappa shape index (κ2) is 6.38. The number of likely N-dealkylation sites (tertiary alicyclic amines) is 1. The van der Waals surface area contributed by atoms with Gasteiger partial charge in [-0.25, -0.2) is 0 Å². The number of carboxylic acids is 1. The standard InChI is InChI=1S/C14H18N2O4/c1-20-12-4-2-11(3-5-12)15-13(17)9-16-7-10(8-16)6-14(18)19/h2-5,10H,6-9H2,1H3,(H,15,17)(H,18,19). The van der Waals surface area contributed by atoms with Gasteiger partial charge >= 0.3 is 5.97 Å². The molecule has 0 saturated carbocycles. The monoisotopic (exact) mass is 278 g/mol. The molecule has 0 aliphatic carbocycles. The summed E-state index contributed by atoms with van der Waals surface area (Å²) in [5.41, 5.74) is 0.721. The van der Waals surface area contributed by atoms with Gasteiger partial charge in [0.25, 0.3) is 0 Å². The fourth-order valence-electron chi connectivity index (χ4n) is 2.26. The molecule has 108 valence electrons. The van der Waals surface area contributed by atoms with Gasteiger partial charge in [0.2, 0.25) is 5.91 Å². The number of hydrogen-bond acceptors (Lipinski definition) is 4. The van der Waals surface area contributed by atoms with Crippen molar-refractivity contribution in [1.82, 2.24) is 4.90 Å². The minimum Gasteiger partial charge on any atom is -0.497 e. The number of hydrogen-bond donors (Lipinski definition) is 2. The largest absolute Gasteiger partial charge is 0.497 e. The normalized spacial score (nSPS) is 15.4. The summed E-state index contributed by atoms with van der Waals surface area (Å²) in [6, 6.07) is 7.12. The molecule has 2 rings (SSSR count). The summed E-state index contributed by atoms with van der Waals surface area (Å²) in [6.07, 6.45) is 0.177. The Bertz CT molecular complexity index is 480. The summed E-state index contributed by atoms with van der Waals surface area (Å²) in [5.74, 6) is 0.0322. The highest BCUT2D eigenvalue weighted by Crippen LogP contribution is 2.19. The van der Waals surface area contributed by atoms with E-state index in [1.807, 2.05) is 4.90 Å². The van der Waals surface area contributed by atoms with Crippen LogP contribution in [0.15, 0.2) is 24.3 Å². The van der Waals surface area contributed by atoms with E-state index >= 15 is 0 Å². The zero-order valence-corrected chi connectivity index (χ0v) is 11.3. The SMILES string of the molecule is COc1ccc(NC(=O)CN2CC(CC(=O)O)C2)cc1. The second-order valence-electron chi connectivity index (χ2n) is 4.93. The van der Waals surface area contributed by atoms with Gasteiger partial charge in [-0.15, -0.1) is 0 Å². The highest BCUT2D eigenvalue weighted by Gasteiger charge is 2.29. The predicted molar refractivity (Wildman–Crippen MR) is 73.8 cm³/mol. The van der Waals surface area contributed by atoms with Crippen LogP contribution in [-0.2, 0) is 9.59 Å². The van der Waals surface area contributed by atoms with Crippen molar-refractivity contribution < 1.29 is 19.4 Å². The lowest BCUT2D eigenvalue weighted by atomic mass is 9.96. The summed E-state index contributed by atoms with van der Waals surface area (Å²) in [5, 5.41) is 11.4. The number of anilines is 1. The molecule has 0 spiro atoms. The number of nitrogens with zero attached hydrogens (tertiary/aromatic N) is 1. The molecule has 1 saturated heterocycles. The van der Waals surface area contributed by atoms with Crippen LogP contribution in [0.5, 0.6) is 5.75 Å². The summed E-state index contributed by atoms with van der Waals surface area (Å²) in [4.78, 5) is 24.3. The number of carboxylic acid groups (broad SMARTS) is 1. The van der Waals surface area contributed by atoms with Crippen LogP contribution in [0.4, 0.5) is 5.69 Å². The minimum atomic E-state index is -0.780. The molecule has 6 nitrogen and oxygen atoms in total. The Hall–Kier alpha value is -2.08. The van der Waals surface area contributed by atoms with E-state index in [2.05, 4.69) is 5.32 Å². The van der Waals surface area contributed by atoms with Gasteiger partial charge in [-0.3, -0.25) is 14.5 Å². The lowest BCUT2D eigenvalue weighted by Crippen LogP contribution is -2.50. The number of benzene rings is 1. The molecule has 1 aliphatic heterocycles. The number of carbonyl (C=O) groups is 2. The molecule has 0 bridgehead atoms. The van der Waals surface area contributed by atoms with E-state index in [0.717, 1.165) is 11.4 Å². The fourth-order valence-corrected chi connectivity index (χ4v) is 2.26. The zero-order valence-electron chi connectivity index (χ0n) is 11.3. The van der Waals surface area contributed by atoms with E-state index in [4.69, 9.17) is 9.84 Å². The quantitative estimate of drug-likeness (QED) is 0.813. The molecule has 20 heavy (non-hydrogen) atoms. The number of amides is 1. The average molecular weight is 278 g/mol. The van der Waals surface area contributed by atoms with Crippen LogP contribution in [0.1, 0.15) is 6.42 Å². The maximum Gasteiger partial charge on any atom is 0.303 e. The third-order valence-electron chi connectivity index (χ3n) is 3.24. The van der Waals surface area contributed by atoms with Crippen molar-refractivity contribution in [3.8, 4) is 5.75 Å². The molecular formula is C14H18N2O4. The Balaban J connectivity index is 1.72. The Morgan fingerprint density at radius 2 is 2.00 bits per heavy atom. The number of nitrogens with one attached hydrogen (secondary N) is 1. The van der Waals surface area contributed by atoms with Crippen LogP contribution < -0.4 is 10.1 Å². The van der Waals surface area contributed by atoms with Gasteiger partial charge in [-0.05, 0) is 30.2 Å². The van der Waals surface area contributed by atoms with Crippen molar-refractivity contribution in [3.05, 3.63) is 24.3 Å². The number of ether oxygens (including phenoxy) is 1. The zero-order chi connectivity index (χ0) is 14.5. The Morgan fingerprint density at radius 1 is 1.35 bits per heavy atom. The molecule has 6 heteroatoms. The van der Waals surface area contributed by atoms with Gasteiger partial charge in [0.05, 0.1) is 20.1 Å². The maximum absolute atomic E-state index is 11.8. The van der Waals surface area contributed by atoms with Crippen LogP contribution in [0.25, 0.3) is 0 Å². The average Bonchev–Trinajstić information content (AvgIpc) is 2.36. The van der Waals surface area contributed by atoms with Crippen molar-refractivity contribution in [2.75, 3.05) is 32.1 Å². The first-order valence-corrected chi connectivity index (χ1v) is 6.45. The molecule has 0 unspecified atom stereocenters. The number of rotatable bonds is 6. The Kier molecular flexibility index (Phi) is 4.57. The predicted octanol–water partition coefficient (Wildman–Crippen LogP) is 1.04. The minimum absolute atomic E-state index is 0.0936. The number of carbonyl (C=O) groups excluding carboxylic acids is 1. The summed E-state index contributed by atoms with van der Waals surface area (Å²) >= 11 is 0. The van der Waals surface area contributed by atoms with Crippen molar-refractivity contribution in [3.63, 3.8) is 0 Å². The van der Waals surface area contributed by atoms with Crippen LogP contribution in [0.2, 0.25) is 0 Å². The van der Waals surface area contributed by atoms with E-state index in [-0.39, 0.29) is 18.2 Å². The summed E-state index contributed by atoms with van der Waals surface area (Å²) in [7, 11) is 1.59. The van der Waals surface area contributed by atoms with Gasteiger partial charge in [-0.1, -0.05) is 0 Å². The van der Waals surface area contributed by atoms with Crippen LogP contribution in [0, 0.1) is 5.92 Å². The van der Waals surface area contributed by atoms with E-state index in [9.17, 15) is 9.59 Å². The highest BCUT2D eigenvalue weighted by molar-refractivity contribution is 5.92. The maximum atomic E-state index is 11.8. The lowest BCUT2D eigenvalue weighted by Gasteiger charge is -2.37. The van der Waals surface area contributed by atoms with Gasteiger partial charge in [-0.2, -0.15) is 0 Å². The van der Waals surface area contributed by atoms with E-state index < -0.39 is 5.97 Å². The molecular weight excluding hydrogens is 260 g/mol. The van der Waals surface area contributed by atoms with Gasteiger partial charge < -0.3 is 15.2 Å². The molecule has 2 N–H and O–H groups in total. The van der Waals surface area contributed by atoms with Crippen molar-refractivity contribution in [2.24, 2.45) is 5.92 Å². The molecule has 1 aliphatic rings. The fraction of sp³-hybridized carbons (Fsp3) is 0.429. The smallest absolute Gasteiger partial charge is 0.303 e. The van der Waals surface area contributed by atoms with Gasteiger partial charge in [0.15, 0.2) is 0 Å².